The lowest BCUT2D eigenvalue weighted by Gasteiger charge is -1.99. The quantitative estimate of drug-likeness (QED) is 0.441. The standard InChI is InChI=1S/C19H14ClN3O/c1-2-11-23-13-15(17-5-3-4-6-18(17)23)12-21-22-19(24)14-7-9-16(20)10-8-14/h1,3-10,12-13H,11H2,(H,22,24)/b21-12-. The number of hydrogen-bond acceptors (Lipinski definition) is 2. The zero-order valence-electron chi connectivity index (χ0n) is 12.7. The number of amides is 1. The number of terminal acetylenes is 1. The first-order valence-electron chi connectivity index (χ1n) is 7.29. The average Bonchev–Trinajstić information content (AvgIpc) is 2.94. The highest BCUT2D eigenvalue weighted by Crippen LogP contribution is 2.19. The lowest BCUT2D eigenvalue weighted by Crippen LogP contribution is -2.17. The highest BCUT2D eigenvalue weighted by molar-refractivity contribution is 6.30. The van der Waals surface area contributed by atoms with Gasteiger partial charge >= 0.3 is 0 Å². The highest BCUT2D eigenvalue weighted by Gasteiger charge is 2.06. The predicted octanol–water partition coefficient (Wildman–Crippen LogP) is 3.69. The maximum atomic E-state index is 12.0. The Kier molecular flexibility index (Phi) is 4.64. The van der Waals surface area contributed by atoms with Crippen molar-refractivity contribution < 1.29 is 4.79 Å². The molecule has 0 saturated heterocycles. The van der Waals surface area contributed by atoms with Crippen LogP contribution in [0, 0.1) is 12.3 Å². The summed E-state index contributed by atoms with van der Waals surface area (Å²) in [6, 6.07) is 14.5. The van der Waals surface area contributed by atoms with Crippen LogP contribution < -0.4 is 5.43 Å². The summed E-state index contributed by atoms with van der Waals surface area (Å²) in [4.78, 5) is 12.0. The second-order valence-corrected chi connectivity index (χ2v) is 5.58. The van der Waals surface area contributed by atoms with E-state index in [0.717, 1.165) is 16.5 Å². The number of benzene rings is 2. The molecule has 1 amide bonds. The first-order chi connectivity index (χ1) is 11.7. The molecule has 0 unspecified atom stereocenters. The van der Waals surface area contributed by atoms with Crippen molar-refractivity contribution in [2.45, 2.75) is 6.54 Å². The van der Waals surface area contributed by atoms with E-state index in [-0.39, 0.29) is 5.91 Å². The van der Waals surface area contributed by atoms with Gasteiger partial charge in [-0.1, -0.05) is 35.7 Å². The third-order valence-corrected chi connectivity index (χ3v) is 3.81. The van der Waals surface area contributed by atoms with E-state index in [2.05, 4.69) is 16.4 Å². The molecule has 2 aromatic carbocycles. The Hall–Kier alpha value is -3.03. The van der Waals surface area contributed by atoms with Crippen LogP contribution in [-0.2, 0) is 6.54 Å². The molecule has 1 heterocycles. The molecular formula is C19H14ClN3O. The molecule has 3 aromatic rings. The fraction of sp³-hybridized carbons (Fsp3) is 0.0526. The summed E-state index contributed by atoms with van der Waals surface area (Å²) in [6.45, 7) is 0.478. The van der Waals surface area contributed by atoms with Gasteiger partial charge in [0.1, 0.15) is 0 Å². The number of nitrogens with one attached hydrogen (secondary N) is 1. The highest BCUT2D eigenvalue weighted by atomic mass is 35.5. The minimum Gasteiger partial charge on any atom is -0.335 e. The number of hydrogen-bond donors (Lipinski definition) is 1. The van der Waals surface area contributed by atoms with Gasteiger partial charge in [-0.15, -0.1) is 6.42 Å². The molecule has 0 spiro atoms. The van der Waals surface area contributed by atoms with Gasteiger partial charge < -0.3 is 4.57 Å². The molecule has 24 heavy (non-hydrogen) atoms. The number of fused-ring (bicyclic) bond motifs is 1. The number of carbonyl (C=O) groups excluding carboxylic acids is 1. The molecule has 0 bridgehead atoms. The Labute approximate surface area is 144 Å². The molecule has 3 rings (SSSR count). The van der Waals surface area contributed by atoms with E-state index in [1.54, 1.807) is 30.5 Å². The second kappa shape index (κ2) is 7.03. The van der Waals surface area contributed by atoms with E-state index in [1.165, 1.54) is 0 Å². The molecule has 0 aliphatic carbocycles. The zero-order chi connectivity index (χ0) is 16.9. The Morgan fingerprint density at radius 3 is 2.75 bits per heavy atom. The van der Waals surface area contributed by atoms with Gasteiger partial charge in [0.15, 0.2) is 0 Å². The van der Waals surface area contributed by atoms with Crippen LogP contribution in [-0.4, -0.2) is 16.7 Å². The maximum absolute atomic E-state index is 12.0. The average molecular weight is 336 g/mol. The van der Waals surface area contributed by atoms with Crippen molar-refractivity contribution in [1.82, 2.24) is 9.99 Å². The third kappa shape index (κ3) is 3.32. The minimum absolute atomic E-state index is 0.296. The molecule has 1 aromatic heterocycles. The summed E-state index contributed by atoms with van der Waals surface area (Å²) < 4.78 is 1.97. The van der Waals surface area contributed by atoms with Crippen molar-refractivity contribution in [3.05, 3.63) is 70.9 Å². The van der Waals surface area contributed by atoms with Crippen molar-refractivity contribution in [3.63, 3.8) is 0 Å². The van der Waals surface area contributed by atoms with Crippen molar-refractivity contribution in [2.75, 3.05) is 0 Å². The van der Waals surface area contributed by atoms with E-state index in [4.69, 9.17) is 18.0 Å². The van der Waals surface area contributed by atoms with Crippen molar-refractivity contribution in [1.29, 1.82) is 0 Å². The summed E-state index contributed by atoms with van der Waals surface area (Å²) in [5, 5.41) is 5.65. The molecule has 0 atom stereocenters. The Bertz CT molecular complexity index is 949. The van der Waals surface area contributed by atoms with Crippen LogP contribution in [0.15, 0.2) is 59.8 Å². The maximum Gasteiger partial charge on any atom is 0.271 e. The van der Waals surface area contributed by atoms with E-state index in [0.29, 0.717) is 17.1 Å². The van der Waals surface area contributed by atoms with Gasteiger partial charge in [-0.25, -0.2) is 5.43 Å². The summed E-state index contributed by atoms with van der Waals surface area (Å²) >= 11 is 5.81. The molecule has 118 valence electrons. The lowest BCUT2D eigenvalue weighted by molar-refractivity contribution is 0.0955. The van der Waals surface area contributed by atoms with E-state index >= 15 is 0 Å². The van der Waals surface area contributed by atoms with Crippen molar-refractivity contribution in [3.8, 4) is 12.3 Å². The first kappa shape index (κ1) is 15.9. The van der Waals surface area contributed by atoms with E-state index in [1.807, 2.05) is 35.0 Å². The molecule has 0 aliphatic heterocycles. The summed E-state index contributed by atoms with van der Waals surface area (Å²) in [5.41, 5.74) is 4.92. The fourth-order valence-electron chi connectivity index (χ4n) is 2.43. The minimum atomic E-state index is -0.296. The number of rotatable bonds is 4. The normalized spacial score (nSPS) is 10.8. The van der Waals surface area contributed by atoms with Gasteiger partial charge in [0.25, 0.3) is 5.91 Å². The summed E-state index contributed by atoms with van der Waals surface area (Å²) in [5.74, 6) is 2.33. The first-order valence-corrected chi connectivity index (χ1v) is 7.67. The van der Waals surface area contributed by atoms with E-state index < -0.39 is 0 Å². The number of halogens is 1. The van der Waals surface area contributed by atoms with Crippen LogP contribution >= 0.6 is 11.6 Å². The van der Waals surface area contributed by atoms with Crippen molar-refractivity contribution in [2.24, 2.45) is 5.10 Å². The molecule has 1 N–H and O–H groups in total. The van der Waals surface area contributed by atoms with Crippen LogP contribution in [0.5, 0.6) is 0 Å². The monoisotopic (exact) mass is 335 g/mol. The third-order valence-electron chi connectivity index (χ3n) is 3.56. The number of carbonyl (C=O) groups is 1. The zero-order valence-corrected chi connectivity index (χ0v) is 13.5. The van der Waals surface area contributed by atoms with Crippen LogP contribution in [0.3, 0.4) is 0 Å². The molecule has 0 radical (unpaired) electrons. The second-order valence-electron chi connectivity index (χ2n) is 5.14. The molecule has 0 fully saturated rings. The number of aromatic nitrogens is 1. The van der Waals surface area contributed by atoms with Crippen LogP contribution in [0.4, 0.5) is 0 Å². The lowest BCUT2D eigenvalue weighted by atomic mass is 10.2. The molecule has 4 nitrogen and oxygen atoms in total. The molecular weight excluding hydrogens is 322 g/mol. The largest absolute Gasteiger partial charge is 0.335 e. The Balaban J connectivity index is 1.79. The Morgan fingerprint density at radius 2 is 2.00 bits per heavy atom. The van der Waals surface area contributed by atoms with Gasteiger partial charge in [-0.3, -0.25) is 4.79 Å². The van der Waals surface area contributed by atoms with Gasteiger partial charge in [-0.2, -0.15) is 5.10 Å². The SMILES string of the molecule is C#CCn1cc(/C=N\NC(=O)c2ccc(Cl)cc2)c2ccccc21. The fourth-order valence-corrected chi connectivity index (χ4v) is 2.56. The summed E-state index contributed by atoms with van der Waals surface area (Å²) in [6.07, 6.45) is 8.94. The topological polar surface area (TPSA) is 46.4 Å². The molecule has 0 aliphatic rings. The predicted molar refractivity (Wildman–Crippen MR) is 97.3 cm³/mol. The van der Waals surface area contributed by atoms with Gasteiger partial charge in [0.2, 0.25) is 0 Å². The van der Waals surface area contributed by atoms with E-state index in [9.17, 15) is 4.79 Å². The van der Waals surface area contributed by atoms with Crippen LogP contribution in [0.1, 0.15) is 15.9 Å². The van der Waals surface area contributed by atoms with Gasteiger partial charge in [0, 0.05) is 33.2 Å². The number of hydrazone groups is 1. The van der Waals surface area contributed by atoms with Crippen LogP contribution in [0.25, 0.3) is 10.9 Å². The van der Waals surface area contributed by atoms with Crippen molar-refractivity contribution >= 4 is 34.6 Å². The number of para-hydroxylation sites is 1. The van der Waals surface area contributed by atoms with Gasteiger partial charge in [0.05, 0.1) is 12.8 Å². The Morgan fingerprint density at radius 1 is 1.25 bits per heavy atom. The molecule has 0 saturated carbocycles. The smallest absolute Gasteiger partial charge is 0.271 e. The van der Waals surface area contributed by atoms with Crippen LogP contribution in [0.2, 0.25) is 5.02 Å². The summed E-state index contributed by atoms with van der Waals surface area (Å²) in [7, 11) is 0. The van der Waals surface area contributed by atoms with Gasteiger partial charge in [-0.05, 0) is 30.3 Å². The molecule has 5 heteroatoms. The number of nitrogens with zero attached hydrogens (tertiary/aromatic N) is 2.